The largest absolute Gasteiger partial charge is 0.493 e. The Balaban J connectivity index is 1.28. The Hall–Kier alpha value is -2.77. The number of hydrogen-bond donors (Lipinski definition) is 1. The quantitative estimate of drug-likeness (QED) is 0.600. The smallest absolute Gasteiger partial charge is 0.251 e. The molecule has 0 aromatic heterocycles. The van der Waals surface area contributed by atoms with Crippen LogP contribution >= 0.6 is 0 Å². The number of methoxy groups -OCH3 is 3. The summed E-state index contributed by atoms with van der Waals surface area (Å²) < 4.78 is 16.1. The lowest BCUT2D eigenvalue weighted by atomic mass is 9.97. The molecule has 1 fully saturated rings. The second-order valence-electron chi connectivity index (χ2n) is 9.01. The molecule has 4 rings (SSSR count). The van der Waals surface area contributed by atoms with Crippen LogP contribution < -0.4 is 19.5 Å². The lowest BCUT2D eigenvalue weighted by Gasteiger charge is -2.39. The van der Waals surface area contributed by atoms with E-state index in [1.54, 1.807) is 33.5 Å². The SMILES string of the molecule is COc1cc(C(=O)NCCN2CCN(C3CCCCc4ccccc43)CC2)cc(OC)c1OC. The van der Waals surface area contributed by atoms with Gasteiger partial charge in [0.15, 0.2) is 11.5 Å². The Bertz CT molecular complexity index is 947. The molecule has 1 heterocycles. The topological polar surface area (TPSA) is 63.3 Å². The Morgan fingerprint density at radius 1 is 0.971 bits per heavy atom. The molecule has 34 heavy (non-hydrogen) atoms. The van der Waals surface area contributed by atoms with Gasteiger partial charge in [0.1, 0.15) is 0 Å². The van der Waals surface area contributed by atoms with Crippen LogP contribution in [0.15, 0.2) is 36.4 Å². The fourth-order valence-corrected chi connectivity index (χ4v) is 5.22. The van der Waals surface area contributed by atoms with Gasteiger partial charge in [-0.15, -0.1) is 0 Å². The molecule has 1 N–H and O–H groups in total. The molecule has 1 aliphatic carbocycles. The van der Waals surface area contributed by atoms with Gasteiger partial charge in [-0.1, -0.05) is 30.7 Å². The number of aryl methyl sites for hydroxylation is 1. The van der Waals surface area contributed by atoms with Crippen molar-refractivity contribution in [1.29, 1.82) is 0 Å². The van der Waals surface area contributed by atoms with Crippen molar-refractivity contribution in [2.24, 2.45) is 0 Å². The van der Waals surface area contributed by atoms with Crippen LogP contribution in [0.1, 0.15) is 46.8 Å². The first-order chi connectivity index (χ1) is 16.6. The lowest BCUT2D eigenvalue weighted by molar-refractivity contribution is 0.0867. The summed E-state index contributed by atoms with van der Waals surface area (Å²) in [6, 6.07) is 12.9. The molecule has 1 unspecified atom stereocenters. The molecule has 2 aromatic carbocycles. The minimum Gasteiger partial charge on any atom is -0.493 e. The van der Waals surface area contributed by atoms with E-state index in [2.05, 4.69) is 39.4 Å². The minimum absolute atomic E-state index is 0.145. The number of piperazine rings is 1. The van der Waals surface area contributed by atoms with Crippen molar-refractivity contribution >= 4 is 5.91 Å². The minimum atomic E-state index is -0.145. The molecular weight excluding hydrogens is 430 g/mol. The predicted octanol–water partition coefficient (Wildman–Crippen LogP) is 3.53. The van der Waals surface area contributed by atoms with Crippen LogP contribution in [-0.2, 0) is 6.42 Å². The number of carbonyl (C=O) groups excluding carboxylic acids is 1. The second kappa shape index (κ2) is 11.6. The molecule has 0 bridgehead atoms. The molecule has 2 aromatic rings. The van der Waals surface area contributed by atoms with E-state index >= 15 is 0 Å². The van der Waals surface area contributed by atoms with Crippen LogP contribution in [0.5, 0.6) is 17.2 Å². The van der Waals surface area contributed by atoms with Gasteiger partial charge in [0.2, 0.25) is 5.75 Å². The predicted molar refractivity (Wildman–Crippen MR) is 133 cm³/mol. The van der Waals surface area contributed by atoms with Gasteiger partial charge in [-0.2, -0.15) is 0 Å². The number of carbonyl (C=O) groups is 1. The van der Waals surface area contributed by atoms with Gasteiger partial charge in [0, 0.05) is 50.9 Å². The van der Waals surface area contributed by atoms with Crippen LogP contribution in [0.4, 0.5) is 0 Å². The van der Waals surface area contributed by atoms with E-state index in [0.29, 0.717) is 35.4 Å². The summed E-state index contributed by atoms with van der Waals surface area (Å²) >= 11 is 0. The molecule has 0 spiro atoms. The molecule has 2 aliphatic rings. The highest BCUT2D eigenvalue weighted by Crippen LogP contribution is 2.38. The summed E-state index contributed by atoms with van der Waals surface area (Å²) in [5.41, 5.74) is 3.55. The second-order valence-corrected chi connectivity index (χ2v) is 9.01. The third-order valence-electron chi connectivity index (χ3n) is 7.08. The Labute approximate surface area is 203 Å². The van der Waals surface area contributed by atoms with Crippen molar-refractivity contribution in [3.8, 4) is 17.2 Å². The number of rotatable bonds is 8. The van der Waals surface area contributed by atoms with Crippen molar-refractivity contribution in [2.45, 2.75) is 31.7 Å². The van der Waals surface area contributed by atoms with Gasteiger partial charge in [0.25, 0.3) is 5.91 Å². The molecule has 1 saturated heterocycles. The van der Waals surface area contributed by atoms with E-state index in [9.17, 15) is 4.79 Å². The maximum absolute atomic E-state index is 12.7. The molecule has 184 valence electrons. The Morgan fingerprint density at radius 3 is 2.35 bits per heavy atom. The van der Waals surface area contributed by atoms with E-state index in [-0.39, 0.29) is 5.91 Å². The molecule has 1 atom stereocenters. The normalized spacial score (nSPS) is 19.1. The summed E-state index contributed by atoms with van der Waals surface area (Å²) in [4.78, 5) is 17.8. The lowest BCUT2D eigenvalue weighted by Crippen LogP contribution is -2.49. The van der Waals surface area contributed by atoms with Gasteiger partial charge >= 0.3 is 0 Å². The fourth-order valence-electron chi connectivity index (χ4n) is 5.22. The first-order valence-corrected chi connectivity index (χ1v) is 12.3. The monoisotopic (exact) mass is 467 g/mol. The molecule has 1 amide bonds. The Kier molecular flexibility index (Phi) is 8.29. The van der Waals surface area contributed by atoms with Crippen molar-refractivity contribution in [3.63, 3.8) is 0 Å². The number of hydrogen-bond acceptors (Lipinski definition) is 6. The molecule has 7 heteroatoms. The van der Waals surface area contributed by atoms with Gasteiger partial charge < -0.3 is 19.5 Å². The van der Waals surface area contributed by atoms with Crippen LogP contribution in [0, 0.1) is 0 Å². The standard InChI is InChI=1S/C27H37N3O4/c1-32-24-18-21(19-25(33-2)26(24)34-3)27(31)28-12-13-29-14-16-30(17-15-29)23-11-7-5-9-20-8-4-6-10-22(20)23/h4,6,8,10,18-19,23H,5,7,9,11-17H2,1-3H3,(H,28,31). The molecule has 0 saturated carbocycles. The molecule has 7 nitrogen and oxygen atoms in total. The van der Waals surface area contributed by atoms with Gasteiger partial charge in [-0.05, 0) is 42.5 Å². The summed E-state index contributed by atoms with van der Waals surface area (Å²) in [7, 11) is 4.65. The van der Waals surface area contributed by atoms with Crippen molar-refractivity contribution in [2.75, 3.05) is 60.6 Å². The summed E-state index contributed by atoms with van der Waals surface area (Å²) in [6.07, 6.45) is 5.05. The van der Waals surface area contributed by atoms with E-state index < -0.39 is 0 Å². The Morgan fingerprint density at radius 2 is 1.68 bits per heavy atom. The van der Waals surface area contributed by atoms with Crippen molar-refractivity contribution < 1.29 is 19.0 Å². The zero-order chi connectivity index (χ0) is 23.9. The van der Waals surface area contributed by atoms with Crippen molar-refractivity contribution in [3.05, 3.63) is 53.1 Å². The average Bonchev–Trinajstić information content (AvgIpc) is 3.10. The maximum atomic E-state index is 12.7. The highest BCUT2D eigenvalue weighted by molar-refractivity contribution is 5.95. The number of benzene rings is 2. The zero-order valence-corrected chi connectivity index (χ0v) is 20.6. The van der Waals surface area contributed by atoms with Gasteiger partial charge in [0.05, 0.1) is 21.3 Å². The maximum Gasteiger partial charge on any atom is 0.251 e. The highest BCUT2D eigenvalue weighted by Gasteiger charge is 2.27. The number of nitrogens with one attached hydrogen (secondary N) is 1. The first kappa shape index (κ1) is 24.4. The molecule has 1 aliphatic heterocycles. The highest BCUT2D eigenvalue weighted by atomic mass is 16.5. The van der Waals surface area contributed by atoms with E-state index in [0.717, 1.165) is 32.7 Å². The van der Waals surface area contributed by atoms with E-state index in [1.165, 1.54) is 36.8 Å². The third-order valence-corrected chi connectivity index (χ3v) is 7.08. The van der Waals surface area contributed by atoms with Crippen LogP contribution in [0.2, 0.25) is 0 Å². The van der Waals surface area contributed by atoms with Crippen LogP contribution in [0.25, 0.3) is 0 Å². The average molecular weight is 468 g/mol. The number of nitrogens with zero attached hydrogens (tertiary/aromatic N) is 2. The number of amides is 1. The first-order valence-electron chi connectivity index (χ1n) is 12.3. The van der Waals surface area contributed by atoms with Crippen LogP contribution in [-0.4, -0.2) is 76.3 Å². The molecular formula is C27H37N3O4. The summed E-state index contributed by atoms with van der Waals surface area (Å²) in [6.45, 7) is 5.63. The fraction of sp³-hybridized carbons (Fsp3) is 0.519. The number of ether oxygens (including phenoxy) is 3. The zero-order valence-electron chi connectivity index (χ0n) is 20.6. The van der Waals surface area contributed by atoms with E-state index in [4.69, 9.17) is 14.2 Å². The number of fused-ring (bicyclic) bond motifs is 1. The summed E-state index contributed by atoms with van der Waals surface area (Å²) in [5.74, 6) is 1.29. The van der Waals surface area contributed by atoms with Gasteiger partial charge in [-0.25, -0.2) is 0 Å². The van der Waals surface area contributed by atoms with Crippen molar-refractivity contribution in [1.82, 2.24) is 15.1 Å². The van der Waals surface area contributed by atoms with Gasteiger partial charge in [-0.3, -0.25) is 14.6 Å². The third kappa shape index (κ3) is 5.47. The van der Waals surface area contributed by atoms with E-state index in [1.807, 2.05) is 0 Å². The molecule has 0 radical (unpaired) electrons. The summed E-state index contributed by atoms with van der Waals surface area (Å²) in [5, 5.41) is 3.04. The van der Waals surface area contributed by atoms with Crippen LogP contribution in [0.3, 0.4) is 0 Å².